The smallest absolute Gasteiger partial charge is 0.155 e. The minimum atomic E-state index is 0.317. The molecule has 0 radical (unpaired) electrons. The molecule has 0 atom stereocenters. The predicted molar refractivity (Wildman–Crippen MR) is 71.8 cm³/mol. The molecule has 0 amide bonds. The maximum absolute atomic E-state index is 4.59. The highest BCUT2D eigenvalue weighted by Gasteiger charge is 2.13. The van der Waals surface area contributed by atoms with E-state index in [2.05, 4.69) is 35.5 Å². The highest BCUT2D eigenvalue weighted by atomic mass is 15.4. The molecule has 18 heavy (non-hydrogen) atoms. The summed E-state index contributed by atoms with van der Waals surface area (Å²) in [5.74, 6) is 2.94. The van der Waals surface area contributed by atoms with Crippen molar-refractivity contribution < 1.29 is 0 Å². The monoisotopic (exact) mass is 242 g/mol. The molecule has 0 saturated heterocycles. The first-order chi connectivity index (χ1) is 8.72. The van der Waals surface area contributed by atoms with E-state index >= 15 is 0 Å². The van der Waals surface area contributed by atoms with Gasteiger partial charge in [0.25, 0.3) is 0 Å². The zero-order chi connectivity index (χ0) is 13.0. The van der Waals surface area contributed by atoms with Crippen LogP contribution in [0.25, 0.3) is 5.82 Å². The Labute approximate surface area is 107 Å². The number of pyridine rings is 1. The van der Waals surface area contributed by atoms with Crippen molar-refractivity contribution in [2.45, 2.75) is 32.6 Å². The Morgan fingerprint density at radius 2 is 2.22 bits per heavy atom. The van der Waals surface area contributed by atoms with Crippen molar-refractivity contribution in [2.75, 3.05) is 0 Å². The number of aryl methyl sites for hydroxylation is 1. The molecular weight excluding hydrogens is 224 g/mol. The summed E-state index contributed by atoms with van der Waals surface area (Å²) in [6.45, 7) is 7.93. The standard InChI is InChI=1S/C14H18N4/c1-4-5-8-13-16-14(11(2)3)17-18(13)12-9-6-7-10-15-12/h4,6-7,9-11H,1,5,8H2,2-3H3. The van der Waals surface area contributed by atoms with Crippen molar-refractivity contribution in [1.82, 2.24) is 19.7 Å². The molecule has 0 spiro atoms. The maximum Gasteiger partial charge on any atom is 0.155 e. The summed E-state index contributed by atoms with van der Waals surface area (Å²) < 4.78 is 1.83. The van der Waals surface area contributed by atoms with Gasteiger partial charge in [-0.2, -0.15) is 4.68 Å². The Hall–Kier alpha value is -1.97. The van der Waals surface area contributed by atoms with E-state index in [4.69, 9.17) is 0 Å². The third-order valence-electron chi connectivity index (χ3n) is 2.65. The van der Waals surface area contributed by atoms with Crippen LogP contribution in [0, 0.1) is 0 Å². The number of aromatic nitrogens is 4. The lowest BCUT2D eigenvalue weighted by Crippen LogP contribution is -2.04. The Morgan fingerprint density at radius 3 is 2.83 bits per heavy atom. The molecule has 0 aromatic carbocycles. The van der Waals surface area contributed by atoms with E-state index in [1.807, 2.05) is 29.0 Å². The third kappa shape index (κ3) is 2.64. The van der Waals surface area contributed by atoms with Crippen LogP contribution in [0.5, 0.6) is 0 Å². The van der Waals surface area contributed by atoms with E-state index < -0.39 is 0 Å². The third-order valence-corrected chi connectivity index (χ3v) is 2.65. The zero-order valence-electron chi connectivity index (χ0n) is 10.9. The number of hydrogen-bond acceptors (Lipinski definition) is 3. The van der Waals surface area contributed by atoms with Crippen LogP contribution in [0.1, 0.15) is 37.8 Å². The van der Waals surface area contributed by atoms with Gasteiger partial charge in [-0.1, -0.05) is 26.0 Å². The first kappa shape index (κ1) is 12.5. The van der Waals surface area contributed by atoms with E-state index in [1.54, 1.807) is 6.20 Å². The van der Waals surface area contributed by atoms with Gasteiger partial charge in [0.2, 0.25) is 0 Å². The number of hydrogen-bond donors (Lipinski definition) is 0. The molecule has 2 heterocycles. The van der Waals surface area contributed by atoms with Gasteiger partial charge in [0.15, 0.2) is 11.6 Å². The van der Waals surface area contributed by atoms with Gasteiger partial charge in [0.05, 0.1) is 0 Å². The van der Waals surface area contributed by atoms with E-state index in [0.29, 0.717) is 5.92 Å². The topological polar surface area (TPSA) is 43.6 Å². The van der Waals surface area contributed by atoms with Crippen LogP contribution in [0.2, 0.25) is 0 Å². The fraction of sp³-hybridized carbons (Fsp3) is 0.357. The van der Waals surface area contributed by atoms with Crippen molar-refractivity contribution in [3.05, 3.63) is 48.7 Å². The van der Waals surface area contributed by atoms with Crippen molar-refractivity contribution in [3.8, 4) is 5.82 Å². The molecule has 0 saturated carbocycles. The molecule has 0 aliphatic carbocycles. The fourth-order valence-electron chi connectivity index (χ4n) is 1.66. The Bertz CT molecular complexity index is 514. The molecule has 2 rings (SSSR count). The molecule has 0 unspecified atom stereocenters. The lowest BCUT2D eigenvalue weighted by Gasteiger charge is -2.02. The minimum Gasteiger partial charge on any atom is -0.237 e. The van der Waals surface area contributed by atoms with Gasteiger partial charge in [-0.05, 0) is 18.6 Å². The largest absolute Gasteiger partial charge is 0.237 e. The summed E-state index contributed by atoms with van der Waals surface area (Å²) in [5.41, 5.74) is 0. The van der Waals surface area contributed by atoms with Crippen LogP contribution in [0.3, 0.4) is 0 Å². The maximum atomic E-state index is 4.59. The van der Waals surface area contributed by atoms with Crippen molar-refractivity contribution in [2.24, 2.45) is 0 Å². The second-order valence-electron chi connectivity index (χ2n) is 4.47. The second-order valence-corrected chi connectivity index (χ2v) is 4.47. The summed E-state index contributed by atoms with van der Waals surface area (Å²) in [6.07, 6.45) is 5.39. The quantitative estimate of drug-likeness (QED) is 0.757. The summed E-state index contributed by atoms with van der Waals surface area (Å²) >= 11 is 0. The SMILES string of the molecule is C=CCCc1nc(C(C)C)nn1-c1ccccn1. The molecule has 0 aliphatic heterocycles. The van der Waals surface area contributed by atoms with Gasteiger partial charge < -0.3 is 0 Å². The van der Waals surface area contributed by atoms with Crippen molar-refractivity contribution in [1.29, 1.82) is 0 Å². The molecule has 2 aromatic rings. The molecular formula is C14H18N4. The summed E-state index contributed by atoms with van der Waals surface area (Å²) in [6, 6.07) is 5.79. The minimum absolute atomic E-state index is 0.317. The molecule has 0 N–H and O–H groups in total. The molecule has 0 fully saturated rings. The Balaban J connectivity index is 2.40. The molecule has 2 aromatic heterocycles. The highest BCUT2D eigenvalue weighted by molar-refractivity contribution is 5.22. The lowest BCUT2D eigenvalue weighted by molar-refractivity contribution is 0.731. The summed E-state index contributed by atoms with van der Waals surface area (Å²) in [4.78, 5) is 8.91. The summed E-state index contributed by atoms with van der Waals surface area (Å²) in [7, 11) is 0. The van der Waals surface area contributed by atoms with Gasteiger partial charge in [0, 0.05) is 18.5 Å². The number of nitrogens with zero attached hydrogens (tertiary/aromatic N) is 4. The van der Waals surface area contributed by atoms with Crippen LogP contribution < -0.4 is 0 Å². The van der Waals surface area contributed by atoms with Crippen molar-refractivity contribution >= 4 is 0 Å². The normalized spacial score (nSPS) is 10.8. The molecule has 94 valence electrons. The van der Waals surface area contributed by atoms with Crippen LogP contribution in [-0.4, -0.2) is 19.7 Å². The van der Waals surface area contributed by atoms with Gasteiger partial charge >= 0.3 is 0 Å². The fourth-order valence-corrected chi connectivity index (χ4v) is 1.66. The van der Waals surface area contributed by atoms with Crippen molar-refractivity contribution in [3.63, 3.8) is 0 Å². The van der Waals surface area contributed by atoms with Gasteiger partial charge in [-0.15, -0.1) is 11.7 Å². The number of rotatable bonds is 5. The van der Waals surface area contributed by atoms with Crippen LogP contribution in [-0.2, 0) is 6.42 Å². The predicted octanol–water partition coefficient (Wildman–Crippen LogP) is 2.90. The number of allylic oxidation sites excluding steroid dienone is 1. The Morgan fingerprint density at radius 1 is 1.39 bits per heavy atom. The highest BCUT2D eigenvalue weighted by Crippen LogP contribution is 2.14. The summed E-state index contributed by atoms with van der Waals surface area (Å²) in [5, 5.41) is 4.54. The first-order valence-electron chi connectivity index (χ1n) is 6.20. The van der Waals surface area contributed by atoms with Gasteiger partial charge in [0.1, 0.15) is 5.82 Å². The van der Waals surface area contributed by atoms with E-state index in [-0.39, 0.29) is 0 Å². The van der Waals surface area contributed by atoms with Crippen LogP contribution >= 0.6 is 0 Å². The molecule has 0 aliphatic rings. The van der Waals surface area contributed by atoms with Crippen LogP contribution in [0.15, 0.2) is 37.1 Å². The Kier molecular flexibility index (Phi) is 3.87. The van der Waals surface area contributed by atoms with E-state index in [1.165, 1.54) is 0 Å². The zero-order valence-corrected chi connectivity index (χ0v) is 10.9. The van der Waals surface area contributed by atoms with E-state index in [9.17, 15) is 0 Å². The molecule has 4 nitrogen and oxygen atoms in total. The van der Waals surface area contributed by atoms with E-state index in [0.717, 1.165) is 30.3 Å². The molecule has 4 heteroatoms. The lowest BCUT2D eigenvalue weighted by atomic mass is 10.2. The molecule has 0 bridgehead atoms. The van der Waals surface area contributed by atoms with Gasteiger partial charge in [-0.25, -0.2) is 9.97 Å². The average molecular weight is 242 g/mol. The second kappa shape index (κ2) is 5.58. The average Bonchev–Trinajstić information content (AvgIpc) is 2.81. The first-order valence-corrected chi connectivity index (χ1v) is 6.20. The van der Waals surface area contributed by atoms with Crippen LogP contribution in [0.4, 0.5) is 0 Å². The van der Waals surface area contributed by atoms with Gasteiger partial charge in [-0.3, -0.25) is 0 Å².